The summed E-state index contributed by atoms with van der Waals surface area (Å²) in [5.41, 5.74) is 9.36. The molecule has 5 nitrogen and oxygen atoms in total. The van der Waals surface area contributed by atoms with Crippen LogP contribution in [-0.4, -0.2) is 10.2 Å². The van der Waals surface area contributed by atoms with Crippen molar-refractivity contribution in [1.29, 1.82) is 0 Å². The highest BCUT2D eigenvalue weighted by Gasteiger charge is 2.27. The maximum Gasteiger partial charge on any atom is 0.123 e. The Hall–Kier alpha value is -1.07. The zero-order valence-corrected chi connectivity index (χ0v) is 8.26. The third-order valence-electron chi connectivity index (χ3n) is 2.04. The van der Waals surface area contributed by atoms with Gasteiger partial charge in [0.15, 0.2) is 0 Å². The van der Waals surface area contributed by atoms with Crippen molar-refractivity contribution in [2.45, 2.75) is 26.8 Å². The largest absolute Gasteiger partial charge is 0.384 e. The van der Waals surface area contributed by atoms with Crippen LogP contribution in [0.15, 0.2) is 6.20 Å². The monoisotopic (exact) mass is 183 g/mol. The molecule has 1 heterocycles. The highest BCUT2D eigenvalue weighted by atomic mass is 15.2. The van der Waals surface area contributed by atoms with Gasteiger partial charge in [-0.1, -0.05) is 20.8 Å². The second kappa shape index (κ2) is 3.35. The smallest absolute Gasteiger partial charge is 0.123 e. The Labute approximate surface area is 77.9 Å². The number of hydrazine groups is 1. The van der Waals surface area contributed by atoms with Crippen molar-refractivity contribution in [3.63, 3.8) is 0 Å². The second-order valence-corrected chi connectivity index (χ2v) is 4.20. The van der Waals surface area contributed by atoms with Crippen molar-refractivity contribution in [1.82, 2.24) is 15.6 Å². The molecule has 0 aliphatic carbocycles. The number of anilines is 1. The summed E-state index contributed by atoms with van der Waals surface area (Å²) in [5, 5.41) is 6.55. The number of aromatic amines is 1. The minimum absolute atomic E-state index is 0.00579. The number of hydrogen-bond donors (Lipinski definition) is 4. The lowest BCUT2D eigenvalue weighted by Crippen LogP contribution is -2.37. The quantitative estimate of drug-likeness (QED) is 0.398. The fourth-order valence-electron chi connectivity index (χ4n) is 1.34. The normalized spacial score (nSPS) is 14.5. The SMILES string of the molecule is CC(C)(C)C(NN)c1cn[nH]c1N. The molecule has 13 heavy (non-hydrogen) atoms. The lowest BCUT2D eigenvalue weighted by molar-refractivity contribution is 0.276. The molecule has 0 saturated carbocycles. The van der Waals surface area contributed by atoms with Gasteiger partial charge in [0.25, 0.3) is 0 Å². The summed E-state index contributed by atoms with van der Waals surface area (Å²) < 4.78 is 0. The number of H-pyrrole nitrogens is 1. The zero-order valence-electron chi connectivity index (χ0n) is 8.26. The van der Waals surface area contributed by atoms with Gasteiger partial charge >= 0.3 is 0 Å². The average molecular weight is 183 g/mol. The van der Waals surface area contributed by atoms with E-state index in [0.29, 0.717) is 5.82 Å². The Kier molecular flexibility index (Phi) is 2.58. The fourth-order valence-corrected chi connectivity index (χ4v) is 1.34. The molecule has 0 aliphatic rings. The highest BCUT2D eigenvalue weighted by Crippen LogP contribution is 2.33. The molecule has 1 aromatic heterocycles. The van der Waals surface area contributed by atoms with Crippen LogP contribution in [0.2, 0.25) is 0 Å². The van der Waals surface area contributed by atoms with Crippen molar-refractivity contribution >= 4 is 5.82 Å². The minimum Gasteiger partial charge on any atom is -0.384 e. The summed E-state index contributed by atoms with van der Waals surface area (Å²) >= 11 is 0. The van der Waals surface area contributed by atoms with E-state index in [-0.39, 0.29) is 11.5 Å². The summed E-state index contributed by atoms with van der Waals surface area (Å²) in [6, 6.07) is 0.00579. The number of hydrogen-bond acceptors (Lipinski definition) is 4. The van der Waals surface area contributed by atoms with Gasteiger partial charge in [-0.2, -0.15) is 5.10 Å². The van der Waals surface area contributed by atoms with Crippen LogP contribution in [0.25, 0.3) is 0 Å². The standard InChI is InChI=1S/C8H17N5/c1-8(2,3)6(12-10)5-4-11-13-7(5)9/h4,6,12H,10H2,1-3H3,(H3,9,11,13). The second-order valence-electron chi connectivity index (χ2n) is 4.20. The van der Waals surface area contributed by atoms with Crippen LogP contribution in [0.3, 0.4) is 0 Å². The summed E-state index contributed by atoms with van der Waals surface area (Å²) in [4.78, 5) is 0. The van der Waals surface area contributed by atoms with Crippen LogP contribution in [0.1, 0.15) is 32.4 Å². The number of nitrogen functional groups attached to an aromatic ring is 1. The van der Waals surface area contributed by atoms with Gasteiger partial charge in [-0.05, 0) is 5.41 Å². The van der Waals surface area contributed by atoms with E-state index in [0.717, 1.165) is 5.56 Å². The molecule has 1 unspecified atom stereocenters. The van der Waals surface area contributed by atoms with E-state index in [4.69, 9.17) is 11.6 Å². The Balaban J connectivity index is 2.98. The van der Waals surface area contributed by atoms with Gasteiger partial charge < -0.3 is 5.73 Å². The Morgan fingerprint density at radius 1 is 1.54 bits per heavy atom. The van der Waals surface area contributed by atoms with Crippen LogP contribution < -0.4 is 17.0 Å². The van der Waals surface area contributed by atoms with Crippen LogP contribution in [0.4, 0.5) is 5.82 Å². The van der Waals surface area contributed by atoms with Crippen LogP contribution >= 0.6 is 0 Å². The van der Waals surface area contributed by atoms with Gasteiger partial charge in [0.05, 0.1) is 12.2 Å². The average Bonchev–Trinajstić information content (AvgIpc) is 2.35. The molecule has 0 amide bonds. The molecule has 1 atom stereocenters. The van der Waals surface area contributed by atoms with Gasteiger partial charge in [0.2, 0.25) is 0 Å². The number of nitrogens with two attached hydrogens (primary N) is 2. The molecular formula is C8H17N5. The van der Waals surface area contributed by atoms with Gasteiger partial charge in [-0.3, -0.25) is 16.4 Å². The molecule has 0 radical (unpaired) electrons. The maximum absolute atomic E-state index is 5.70. The molecule has 1 rings (SSSR count). The van der Waals surface area contributed by atoms with Gasteiger partial charge in [0.1, 0.15) is 5.82 Å². The number of nitrogens with zero attached hydrogens (tertiary/aromatic N) is 1. The van der Waals surface area contributed by atoms with E-state index in [1.54, 1.807) is 6.20 Å². The van der Waals surface area contributed by atoms with Gasteiger partial charge in [-0.15, -0.1) is 0 Å². The molecule has 0 spiro atoms. The molecule has 0 aliphatic heterocycles. The molecule has 5 heteroatoms. The van der Waals surface area contributed by atoms with E-state index in [1.807, 2.05) is 0 Å². The van der Waals surface area contributed by atoms with Crippen molar-refractivity contribution in [2.24, 2.45) is 11.3 Å². The summed E-state index contributed by atoms with van der Waals surface area (Å²) in [7, 11) is 0. The van der Waals surface area contributed by atoms with E-state index < -0.39 is 0 Å². The summed E-state index contributed by atoms with van der Waals surface area (Å²) in [6.07, 6.45) is 1.70. The number of rotatable bonds is 2. The van der Waals surface area contributed by atoms with E-state index >= 15 is 0 Å². The van der Waals surface area contributed by atoms with Gasteiger partial charge in [-0.25, -0.2) is 0 Å². The molecule has 74 valence electrons. The molecule has 0 aromatic carbocycles. The zero-order chi connectivity index (χ0) is 10.1. The Bertz CT molecular complexity index is 272. The Morgan fingerprint density at radius 3 is 2.46 bits per heavy atom. The minimum atomic E-state index is 0.00579. The van der Waals surface area contributed by atoms with Crippen molar-refractivity contribution in [3.8, 4) is 0 Å². The first-order valence-electron chi connectivity index (χ1n) is 4.21. The molecule has 0 fully saturated rings. The summed E-state index contributed by atoms with van der Waals surface area (Å²) in [6.45, 7) is 6.26. The first-order valence-corrected chi connectivity index (χ1v) is 4.21. The summed E-state index contributed by atoms with van der Waals surface area (Å²) in [5.74, 6) is 6.04. The maximum atomic E-state index is 5.70. The molecular weight excluding hydrogens is 166 g/mol. The first-order chi connectivity index (χ1) is 5.96. The molecule has 6 N–H and O–H groups in total. The molecule has 1 aromatic rings. The van der Waals surface area contributed by atoms with Crippen LogP contribution in [0, 0.1) is 5.41 Å². The lowest BCUT2D eigenvalue weighted by Gasteiger charge is -2.29. The molecule has 0 saturated heterocycles. The van der Waals surface area contributed by atoms with Crippen molar-refractivity contribution in [3.05, 3.63) is 11.8 Å². The first kappa shape index (κ1) is 10.0. The highest BCUT2D eigenvalue weighted by molar-refractivity contribution is 5.40. The number of aromatic nitrogens is 2. The fraction of sp³-hybridized carbons (Fsp3) is 0.625. The van der Waals surface area contributed by atoms with Crippen molar-refractivity contribution < 1.29 is 0 Å². The third-order valence-corrected chi connectivity index (χ3v) is 2.04. The topological polar surface area (TPSA) is 92.7 Å². The van der Waals surface area contributed by atoms with Crippen molar-refractivity contribution in [2.75, 3.05) is 5.73 Å². The predicted octanol–water partition coefficient (Wildman–Crippen LogP) is 0.542. The lowest BCUT2D eigenvalue weighted by atomic mass is 9.83. The predicted molar refractivity (Wildman–Crippen MR) is 52.5 cm³/mol. The van der Waals surface area contributed by atoms with Crippen LogP contribution in [-0.2, 0) is 0 Å². The van der Waals surface area contributed by atoms with E-state index in [2.05, 4.69) is 36.4 Å². The Morgan fingerprint density at radius 2 is 2.15 bits per heavy atom. The van der Waals surface area contributed by atoms with Gasteiger partial charge in [0, 0.05) is 5.56 Å². The third kappa shape index (κ3) is 1.99. The van der Waals surface area contributed by atoms with E-state index in [1.165, 1.54) is 0 Å². The van der Waals surface area contributed by atoms with Crippen LogP contribution in [0.5, 0.6) is 0 Å². The molecule has 0 bridgehead atoms. The van der Waals surface area contributed by atoms with E-state index in [9.17, 15) is 0 Å². The number of nitrogens with one attached hydrogen (secondary N) is 2.